The van der Waals surface area contributed by atoms with Gasteiger partial charge in [-0.05, 0) is 67.4 Å². The van der Waals surface area contributed by atoms with Crippen LogP contribution in [0.15, 0.2) is 36.0 Å². The number of likely N-dealkylation sites (tertiary alicyclic amines) is 1. The molecule has 5 heteroatoms. The molecule has 0 aromatic carbocycles. The first-order valence-electron chi connectivity index (χ1n) is 8.61. The summed E-state index contributed by atoms with van der Waals surface area (Å²) < 4.78 is 0. The molecule has 0 aliphatic carbocycles. The van der Waals surface area contributed by atoms with Crippen molar-refractivity contribution in [3.8, 4) is 0 Å². The molecule has 128 valence electrons. The van der Waals surface area contributed by atoms with Gasteiger partial charge in [0.1, 0.15) is 0 Å². The van der Waals surface area contributed by atoms with Crippen molar-refractivity contribution in [1.29, 1.82) is 0 Å². The third-order valence-electron chi connectivity index (χ3n) is 4.74. The van der Waals surface area contributed by atoms with Crippen molar-refractivity contribution in [1.82, 2.24) is 15.2 Å². The fraction of sp³-hybridized carbons (Fsp3) is 0.474. The lowest BCUT2D eigenvalue weighted by Crippen LogP contribution is -2.38. The quantitative estimate of drug-likeness (QED) is 0.877. The first kappa shape index (κ1) is 17.1. The summed E-state index contributed by atoms with van der Waals surface area (Å²) >= 11 is 1.83. The van der Waals surface area contributed by atoms with Crippen LogP contribution in [-0.4, -0.2) is 35.4 Å². The van der Waals surface area contributed by atoms with Crippen LogP contribution in [0.5, 0.6) is 0 Å². The molecule has 2 aromatic rings. The van der Waals surface area contributed by atoms with E-state index in [4.69, 9.17) is 0 Å². The molecular formula is C19H25N3OS. The van der Waals surface area contributed by atoms with Crippen LogP contribution in [0.3, 0.4) is 0 Å². The van der Waals surface area contributed by atoms with Gasteiger partial charge in [0, 0.05) is 30.4 Å². The van der Waals surface area contributed by atoms with E-state index < -0.39 is 0 Å². The Morgan fingerprint density at radius 2 is 2.21 bits per heavy atom. The highest BCUT2D eigenvalue weighted by Gasteiger charge is 2.20. The maximum absolute atomic E-state index is 12.1. The number of hydrogen-bond donors (Lipinski definition) is 1. The molecule has 3 rings (SSSR count). The predicted molar refractivity (Wildman–Crippen MR) is 98.0 cm³/mol. The van der Waals surface area contributed by atoms with Crippen LogP contribution in [0, 0.1) is 12.8 Å². The van der Waals surface area contributed by atoms with Crippen LogP contribution in [-0.2, 0) is 17.8 Å². The molecule has 24 heavy (non-hydrogen) atoms. The Bertz CT molecular complexity index is 648. The molecule has 2 aromatic heterocycles. The third-order valence-corrected chi connectivity index (χ3v) is 5.60. The molecule has 0 bridgehead atoms. The number of aryl methyl sites for hydroxylation is 1. The van der Waals surface area contributed by atoms with Gasteiger partial charge in [-0.2, -0.15) is 0 Å². The van der Waals surface area contributed by atoms with Gasteiger partial charge in [0.2, 0.25) is 5.91 Å². The van der Waals surface area contributed by atoms with Gasteiger partial charge in [-0.15, -0.1) is 11.3 Å². The molecule has 1 N–H and O–H groups in total. The average molecular weight is 343 g/mol. The van der Waals surface area contributed by atoms with Gasteiger partial charge >= 0.3 is 0 Å². The molecule has 1 amide bonds. The van der Waals surface area contributed by atoms with Gasteiger partial charge in [0.05, 0.1) is 6.42 Å². The number of hydrogen-bond acceptors (Lipinski definition) is 4. The van der Waals surface area contributed by atoms with Gasteiger partial charge < -0.3 is 5.32 Å². The zero-order chi connectivity index (χ0) is 16.8. The molecule has 0 saturated carbocycles. The van der Waals surface area contributed by atoms with Crippen LogP contribution in [0.25, 0.3) is 0 Å². The fourth-order valence-electron chi connectivity index (χ4n) is 3.17. The molecule has 1 aliphatic rings. The van der Waals surface area contributed by atoms with Crippen LogP contribution < -0.4 is 5.32 Å². The van der Waals surface area contributed by atoms with Crippen molar-refractivity contribution in [2.24, 2.45) is 5.92 Å². The number of nitrogens with one attached hydrogen (secondary N) is 1. The highest BCUT2D eigenvalue weighted by atomic mass is 32.1. The second-order valence-electron chi connectivity index (χ2n) is 6.58. The summed E-state index contributed by atoms with van der Waals surface area (Å²) in [7, 11) is 0. The number of pyridine rings is 1. The normalized spacial score (nSPS) is 16.2. The van der Waals surface area contributed by atoms with Crippen LogP contribution in [0.4, 0.5) is 0 Å². The van der Waals surface area contributed by atoms with Crippen LogP contribution in [0.2, 0.25) is 0 Å². The average Bonchev–Trinajstić information content (AvgIpc) is 3.09. The van der Waals surface area contributed by atoms with Gasteiger partial charge in [-0.1, -0.05) is 6.07 Å². The van der Waals surface area contributed by atoms with E-state index in [1.54, 1.807) is 6.20 Å². The first-order chi connectivity index (χ1) is 11.7. The van der Waals surface area contributed by atoms with E-state index in [-0.39, 0.29) is 5.91 Å². The topological polar surface area (TPSA) is 45.2 Å². The zero-order valence-corrected chi connectivity index (χ0v) is 15.0. The Hall–Kier alpha value is -1.72. The monoisotopic (exact) mass is 343 g/mol. The van der Waals surface area contributed by atoms with Gasteiger partial charge in [0.25, 0.3) is 0 Å². The Labute approximate surface area is 147 Å². The third kappa shape index (κ3) is 4.89. The number of carbonyl (C=O) groups excluding carboxylic acids is 1. The standard InChI is InChI=1S/C19H25N3OS/c1-15-12-20-7-4-17(15)11-19(23)21-13-16-5-8-22(9-6-16)14-18-3-2-10-24-18/h2-4,7,10,12,16H,5-6,8-9,11,13-14H2,1H3,(H,21,23). The Kier molecular flexibility index (Phi) is 5.99. The van der Waals surface area contributed by atoms with Crippen molar-refractivity contribution in [2.75, 3.05) is 19.6 Å². The molecule has 0 spiro atoms. The number of amides is 1. The summed E-state index contributed by atoms with van der Waals surface area (Å²) in [5.41, 5.74) is 2.14. The summed E-state index contributed by atoms with van der Waals surface area (Å²) in [6.07, 6.45) is 6.34. The summed E-state index contributed by atoms with van der Waals surface area (Å²) in [5, 5.41) is 5.25. The fourth-order valence-corrected chi connectivity index (χ4v) is 3.91. The SMILES string of the molecule is Cc1cnccc1CC(=O)NCC1CCN(Cc2cccs2)CC1. The van der Waals surface area contributed by atoms with Crippen molar-refractivity contribution in [3.05, 3.63) is 52.0 Å². The Morgan fingerprint density at radius 3 is 2.92 bits per heavy atom. The maximum atomic E-state index is 12.1. The predicted octanol–water partition coefficient (Wildman–Crippen LogP) is 3.02. The molecule has 0 radical (unpaired) electrons. The molecule has 3 heterocycles. The van der Waals surface area contributed by atoms with E-state index in [0.717, 1.165) is 37.3 Å². The second kappa shape index (κ2) is 8.40. The van der Waals surface area contributed by atoms with Crippen LogP contribution >= 0.6 is 11.3 Å². The second-order valence-corrected chi connectivity index (χ2v) is 7.61. The van der Waals surface area contributed by atoms with E-state index in [1.807, 2.05) is 30.5 Å². The first-order valence-corrected chi connectivity index (χ1v) is 9.49. The van der Waals surface area contributed by atoms with E-state index in [2.05, 4.69) is 32.7 Å². The maximum Gasteiger partial charge on any atom is 0.224 e. The largest absolute Gasteiger partial charge is 0.356 e. The molecule has 0 unspecified atom stereocenters. The highest BCUT2D eigenvalue weighted by Crippen LogP contribution is 2.20. The van der Waals surface area contributed by atoms with E-state index in [0.29, 0.717) is 12.3 Å². The van der Waals surface area contributed by atoms with Gasteiger partial charge in [-0.3, -0.25) is 14.7 Å². The number of aromatic nitrogens is 1. The molecule has 1 aliphatic heterocycles. The van der Waals surface area contributed by atoms with Crippen molar-refractivity contribution in [2.45, 2.75) is 32.7 Å². The summed E-state index contributed by atoms with van der Waals surface area (Å²) in [6, 6.07) is 6.25. The number of rotatable bonds is 6. The van der Waals surface area contributed by atoms with Crippen molar-refractivity contribution >= 4 is 17.2 Å². The van der Waals surface area contributed by atoms with E-state index in [9.17, 15) is 4.79 Å². The minimum Gasteiger partial charge on any atom is -0.356 e. The Morgan fingerprint density at radius 1 is 1.38 bits per heavy atom. The minimum atomic E-state index is 0.116. The number of thiophene rings is 1. The van der Waals surface area contributed by atoms with E-state index >= 15 is 0 Å². The smallest absolute Gasteiger partial charge is 0.224 e. The molecule has 4 nitrogen and oxygen atoms in total. The number of nitrogens with zero attached hydrogens (tertiary/aromatic N) is 2. The molecule has 0 atom stereocenters. The number of piperidine rings is 1. The van der Waals surface area contributed by atoms with Gasteiger partial charge in [0.15, 0.2) is 0 Å². The Balaban J connectivity index is 1.37. The number of carbonyl (C=O) groups is 1. The highest BCUT2D eigenvalue weighted by molar-refractivity contribution is 7.09. The lowest BCUT2D eigenvalue weighted by molar-refractivity contribution is -0.120. The summed E-state index contributed by atoms with van der Waals surface area (Å²) in [6.45, 7) is 6.12. The lowest BCUT2D eigenvalue weighted by atomic mass is 9.96. The summed E-state index contributed by atoms with van der Waals surface area (Å²) in [4.78, 5) is 20.2. The van der Waals surface area contributed by atoms with E-state index in [1.165, 1.54) is 17.7 Å². The molecule has 1 fully saturated rings. The molecule has 1 saturated heterocycles. The zero-order valence-electron chi connectivity index (χ0n) is 14.2. The van der Waals surface area contributed by atoms with Crippen molar-refractivity contribution < 1.29 is 4.79 Å². The van der Waals surface area contributed by atoms with Crippen LogP contribution in [0.1, 0.15) is 28.8 Å². The van der Waals surface area contributed by atoms with Gasteiger partial charge in [-0.25, -0.2) is 0 Å². The summed E-state index contributed by atoms with van der Waals surface area (Å²) in [5.74, 6) is 0.720. The minimum absolute atomic E-state index is 0.116. The van der Waals surface area contributed by atoms with Crippen molar-refractivity contribution in [3.63, 3.8) is 0 Å². The molecular weight excluding hydrogens is 318 g/mol. The lowest BCUT2D eigenvalue weighted by Gasteiger charge is -2.31.